The van der Waals surface area contributed by atoms with Gasteiger partial charge in [0.05, 0.1) is 0 Å². The standard InChI is InChI=1S/C12H9ClFN/c1-7(2)12-9-5-11(13)15-6-8(9)3-4-10(12)14/h3-6H,1H2,2H3. The average Bonchev–Trinajstić information content (AvgIpc) is 2.16. The van der Waals surface area contributed by atoms with Crippen LogP contribution in [0.4, 0.5) is 4.39 Å². The van der Waals surface area contributed by atoms with Crippen LogP contribution in [-0.2, 0) is 0 Å². The summed E-state index contributed by atoms with van der Waals surface area (Å²) in [4.78, 5) is 3.95. The van der Waals surface area contributed by atoms with Gasteiger partial charge in [-0.1, -0.05) is 18.2 Å². The fraction of sp³-hybridized carbons (Fsp3) is 0.0833. The molecule has 1 aromatic carbocycles. The van der Waals surface area contributed by atoms with Crippen molar-refractivity contribution in [2.75, 3.05) is 0 Å². The number of benzene rings is 1. The summed E-state index contributed by atoms with van der Waals surface area (Å²) in [5.74, 6) is -0.280. The highest BCUT2D eigenvalue weighted by atomic mass is 35.5. The molecule has 1 aromatic heterocycles. The summed E-state index contributed by atoms with van der Waals surface area (Å²) in [6, 6.07) is 4.76. The van der Waals surface area contributed by atoms with Gasteiger partial charge in [0, 0.05) is 17.1 Å². The van der Waals surface area contributed by atoms with Gasteiger partial charge in [0.25, 0.3) is 0 Å². The summed E-state index contributed by atoms with van der Waals surface area (Å²) >= 11 is 5.78. The van der Waals surface area contributed by atoms with E-state index in [1.54, 1.807) is 25.3 Å². The summed E-state index contributed by atoms with van der Waals surface area (Å²) < 4.78 is 13.6. The van der Waals surface area contributed by atoms with Crippen molar-refractivity contribution in [2.45, 2.75) is 6.92 Å². The van der Waals surface area contributed by atoms with Crippen LogP contribution in [-0.4, -0.2) is 4.98 Å². The first kappa shape index (κ1) is 10.1. The molecule has 0 amide bonds. The molecule has 0 aliphatic carbocycles. The molecule has 1 nitrogen and oxygen atoms in total. The van der Waals surface area contributed by atoms with Crippen LogP contribution in [0, 0.1) is 5.82 Å². The van der Waals surface area contributed by atoms with Gasteiger partial charge in [-0.3, -0.25) is 0 Å². The quantitative estimate of drug-likeness (QED) is 0.662. The first-order valence-corrected chi connectivity index (χ1v) is 4.87. The summed E-state index contributed by atoms with van der Waals surface area (Å²) in [6.07, 6.45) is 1.63. The monoisotopic (exact) mass is 221 g/mol. The number of pyridine rings is 1. The highest BCUT2D eigenvalue weighted by Crippen LogP contribution is 2.27. The van der Waals surface area contributed by atoms with Crippen LogP contribution in [0.3, 0.4) is 0 Å². The van der Waals surface area contributed by atoms with Crippen LogP contribution in [0.2, 0.25) is 5.15 Å². The van der Waals surface area contributed by atoms with Crippen molar-refractivity contribution in [1.29, 1.82) is 0 Å². The Morgan fingerprint density at radius 1 is 1.47 bits per heavy atom. The molecule has 76 valence electrons. The van der Waals surface area contributed by atoms with Crippen molar-refractivity contribution < 1.29 is 4.39 Å². The maximum Gasteiger partial charge on any atom is 0.131 e. The first-order valence-electron chi connectivity index (χ1n) is 4.49. The second kappa shape index (κ2) is 3.63. The van der Waals surface area contributed by atoms with Crippen molar-refractivity contribution in [3.63, 3.8) is 0 Å². The van der Waals surface area contributed by atoms with Crippen molar-refractivity contribution in [2.24, 2.45) is 0 Å². The molecule has 2 rings (SSSR count). The molecule has 0 atom stereocenters. The van der Waals surface area contributed by atoms with Crippen LogP contribution in [0.15, 0.2) is 31.0 Å². The van der Waals surface area contributed by atoms with Crippen molar-refractivity contribution in [1.82, 2.24) is 4.98 Å². The lowest BCUT2D eigenvalue weighted by Crippen LogP contribution is -1.89. The van der Waals surface area contributed by atoms with Crippen LogP contribution < -0.4 is 0 Å². The molecule has 0 spiro atoms. The normalized spacial score (nSPS) is 10.6. The topological polar surface area (TPSA) is 12.9 Å². The Morgan fingerprint density at radius 3 is 2.87 bits per heavy atom. The maximum absolute atomic E-state index is 13.6. The number of hydrogen-bond acceptors (Lipinski definition) is 1. The second-order valence-electron chi connectivity index (χ2n) is 3.43. The van der Waals surface area contributed by atoms with E-state index in [1.165, 1.54) is 6.07 Å². The van der Waals surface area contributed by atoms with E-state index in [2.05, 4.69) is 11.6 Å². The Kier molecular flexibility index (Phi) is 2.45. The Morgan fingerprint density at radius 2 is 2.20 bits per heavy atom. The minimum atomic E-state index is -0.280. The number of fused-ring (bicyclic) bond motifs is 1. The summed E-state index contributed by atoms with van der Waals surface area (Å²) in [7, 11) is 0. The zero-order valence-electron chi connectivity index (χ0n) is 8.22. The fourth-order valence-electron chi connectivity index (χ4n) is 1.60. The third kappa shape index (κ3) is 1.73. The van der Waals surface area contributed by atoms with Gasteiger partial charge in [0.1, 0.15) is 11.0 Å². The molecule has 0 aliphatic rings. The number of rotatable bonds is 1. The zero-order chi connectivity index (χ0) is 11.0. The number of halogens is 2. The van der Waals surface area contributed by atoms with Crippen LogP contribution in [0.1, 0.15) is 12.5 Å². The Balaban J connectivity index is 2.90. The summed E-state index contributed by atoms with van der Waals surface area (Å²) in [5, 5.41) is 1.97. The van der Waals surface area contributed by atoms with Gasteiger partial charge in [-0.15, -0.1) is 0 Å². The molecule has 0 bridgehead atoms. The van der Waals surface area contributed by atoms with Gasteiger partial charge in [-0.2, -0.15) is 0 Å². The minimum absolute atomic E-state index is 0.280. The number of hydrogen-bond donors (Lipinski definition) is 0. The van der Waals surface area contributed by atoms with E-state index < -0.39 is 0 Å². The van der Waals surface area contributed by atoms with Crippen molar-refractivity contribution in [3.05, 3.63) is 47.5 Å². The molecule has 0 N–H and O–H groups in total. The van der Waals surface area contributed by atoms with E-state index in [9.17, 15) is 4.39 Å². The van der Waals surface area contributed by atoms with Crippen molar-refractivity contribution in [3.8, 4) is 0 Å². The number of allylic oxidation sites excluding steroid dienone is 1. The third-order valence-electron chi connectivity index (χ3n) is 2.25. The maximum atomic E-state index is 13.6. The molecule has 0 fully saturated rings. The molecule has 3 heteroatoms. The van der Waals surface area contributed by atoms with Gasteiger partial charge < -0.3 is 0 Å². The van der Waals surface area contributed by atoms with E-state index in [4.69, 9.17) is 11.6 Å². The summed E-state index contributed by atoms with van der Waals surface area (Å²) in [5.41, 5.74) is 1.19. The molecule has 0 radical (unpaired) electrons. The van der Waals surface area contributed by atoms with Crippen molar-refractivity contribution >= 4 is 27.9 Å². The van der Waals surface area contributed by atoms with E-state index in [-0.39, 0.29) is 5.82 Å². The number of nitrogens with zero attached hydrogens (tertiary/aromatic N) is 1. The number of aromatic nitrogens is 1. The van der Waals surface area contributed by atoms with E-state index in [0.29, 0.717) is 16.3 Å². The molecular weight excluding hydrogens is 213 g/mol. The largest absolute Gasteiger partial charge is 0.244 e. The predicted octanol–water partition coefficient (Wildman–Crippen LogP) is 4.06. The lowest BCUT2D eigenvalue weighted by atomic mass is 10.0. The fourth-order valence-corrected chi connectivity index (χ4v) is 1.76. The van der Waals surface area contributed by atoms with Gasteiger partial charge in [0.15, 0.2) is 0 Å². The average molecular weight is 222 g/mol. The Bertz CT molecular complexity index is 543. The Hall–Kier alpha value is -1.41. The van der Waals surface area contributed by atoms with Gasteiger partial charge >= 0.3 is 0 Å². The molecule has 2 aromatic rings. The molecular formula is C12H9ClFN. The third-order valence-corrected chi connectivity index (χ3v) is 2.45. The highest BCUT2D eigenvalue weighted by Gasteiger charge is 2.08. The Labute approximate surface area is 92.2 Å². The molecule has 1 heterocycles. The molecule has 15 heavy (non-hydrogen) atoms. The molecule has 0 saturated heterocycles. The zero-order valence-corrected chi connectivity index (χ0v) is 8.98. The highest BCUT2D eigenvalue weighted by molar-refractivity contribution is 6.30. The van der Waals surface area contributed by atoms with Crippen LogP contribution >= 0.6 is 11.6 Å². The molecule has 0 aliphatic heterocycles. The molecule has 0 unspecified atom stereocenters. The van der Waals surface area contributed by atoms with E-state index in [0.717, 1.165) is 10.8 Å². The smallest absolute Gasteiger partial charge is 0.131 e. The predicted molar refractivity (Wildman–Crippen MR) is 61.4 cm³/mol. The van der Waals surface area contributed by atoms with Gasteiger partial charge in [0.2, 0.25) is 0 Å². The van der Waals surface area contributed by atoms with E-state index in [1.807, 2.05) is 0 Å². The minimum Gasteiger partial charge on any atom is -0.244 e. The van der Waals surface area contributed by atoms with Gasteiger partial charge in [-0.25, -0.2) is 9.37 Å². The molecule has 0 saturated carbocycles. The summed E-state index contributed by atoms with van der Waals surface area (Å²) in [6.45, 7) is 5.53. The second-order valence-corrected chi connectivity index (χ2v) is 3.82. The van der Waals surface area contributed by atoms with E-state index >= 15 is 0 Å². The SMILES string of the molecule is C=C(C)c1c(F)ccc2cnc(Cl)cc12. The lowest BCUT2D eigenvalue weighted by molar-refractivity contribution is 0.626. The lowest BCUT2D eigenvalue weighted by Gasteiger charge is -2.07. The van der Waals surface area contributed by atoms with Crippen LogP contribution in [0.25, 0.3) is 16.3 Å². The van der Waals surface area contributed by atoms with Gasteiger partial charge in [-0.05, 0) is 36.1 Å². The first-order chi connectivity index (χ1) is 7.09. The van der Waals surface area contributed by atoms with Crippen LogP contribution in [0.5, 0.6) is 0 Å².